The third-order valence-corrected chi connectivity index (χ3v) is 3.19. The van der Waals surface area contributed by atoms with Crippen molar-refractivity contribution in [1.29, 1.82) is 0 Å². The van der Waals surface area contributed by atoms with Crippen LogP contribution in [0.1, 0.15) is 28.5 Å². The summed E-state index contributed by atoms with van der Waals surface area (Å²) in [5.74, 6) is -0.117. The molecule has 0 unspecified atom stereocenters. The lowest BCUT2D eigenvalue weighted by atomic mass is 10.2. The van der Waals surface area contributed by atoms with Gasteiger partial charge in [0.1, 0.15) is 4.60 Å². The van der Waals surface area contributed by atoms with Crippen molar-refractivity contribution in [1.82, 2.24) is 20.1 Å². The number of hydrogen-bond donors (Lipinski definition) is 1. The molecule has 0 aliphatic carbocycles. The van der Waals surface area contributed by atoms with Gasteiger partial charge in [-0.3, -0.25) is 9.48 Å². The van der Waals surface area contributed by atoms with Gasteiger partial charge in [-0.1, -0.05) is 6.92 Å². The number of carbonyl (C=O) groups is 1. The molecule has 6 heteroatoms. The topological polar surface area (TPSA) is 59.8 Å². The van der Waals surface area contributed by atoms with Gasteiger partial charge in [0.05, 0.1) is 5.69 Å². The van der Waals surface area contributed by atoms with E-state index in [1.807, 2.05) is 20.2 Å². The first-order valence-electron chi connectivity index (χ1n) is 6.01. The normalized spacial score (nSPS) is 10.5. The summed E-state index contributed by atoms with van der Waals surface area (Å²) in [6.07, 6.45) is 4.38. The molecule has 0 saturated heterocycles. The summed E-state index contributed by atoms with van der Waals surface area (Å²) in [6.45, 7) is 2.53. The van der Waals surface area contributed by atoms with Crippen LogP contribution >= 0.6 is 15.9 Å². The van der Waals surface area contributed by atoms with E-state index < -0.39 is 0 Å². The van der Waals surface area contributed by atoms with Crippen molar-refractivity contribution in [2.45, 2.75) is 19.9 Å². The molecule has 2 aromatic rings. The van der Waals surface area contributed by atoms with Crippen LogP contribution in [0.15, 0.2) is 29.1 Å². The molecule has 0 atom stereocenters. The Hall–Kier alpha value is -1.69. The predicted molar refractivity (Wildman–Crippen MR) is 75.7 cm³/mol. The summed E-state index contributed by atoms with van der Waals surface area (Å²) in [5.41, 5.74) is 2.65. The molecule has 0 spiro atoms. The largest absolute Gasteiger partial charge is 0.348 e. The number of halogens is 1. The summed E-state index contributed by atoms with van der Waals surface area (Å²) in [4.78, 5) is 16.0. The highest BCUT2D eigenvalue weighted by molar-refractivity contribution is 9.10. The van der Waals surface area contributed by atoms with Gasteiger partial charge in [0, 0.05) is 37.1 Å². The Bertz CT molecular complexity index is 594. The number of aromatic nitrogens is 3. The number of nitrogens with zero attached hydrogens (tertiary/aromatic N) is 3. The van der Waals surface area contributed by atoms with Gasteiger partial charge in [0.15, 0.2) is 0 Å². The van der Waals surface area contributed by atoms with E-state index in [4.69, 9.17) is 0 Å². The highest BCUT2D eigenvalue weighted by Gasteiger charge is 2.09. The first-order chi connectivity index (χ1) is 9.10. The minimum Gasteiger partial charge on any atom is -0.348 e. The Kier molecular flexibility index (Phi) is 4.31. The fourth-order valence-electron chi connectivity index (χ4n) is 1.85. The van der Waals surface area contributed by atoms with Gasteiger partial charge in [-0.2, -0.15) is 5.10 Å². The molecule has 1 N–H and O–H groups in total. The Balaban J connectivity index is 2.04. The lowest BCUT2D eigenvalue weighted by molar-refractivity contribution is 0.0950. The quantitative estimate of drug-likeness (QED) is 0.876. The van der Waals surface area contributed by atoms with Gasteiger partial charge in [-0.25, -0.2) is 4.98 Å². The number of carbonyl (C=O) groups excluding carboxylic acids is 1. The van der Waals surface area contributed by atoms with Gasteiger partial charge < -0.3 is 5.32 Å². The van der Waals surface area contributed by atoms with Crippen molar-refractivity contribution in [3.63, 3.8) is 0 Å². The van der Waals surface area contributed by atoms with E-state index in [-0.39, 0.29) is 5.91 Å². The number of aryl methyl sites for hydroxylation is 2. The first-order valence-corrected chi connectivity index (χ1v) is 6.80. The van der Waals surface area contributed by atoms with Crippen molar-refractivity contribution in [2.24, 2.45) is 7.05 Å². The predicted octanol–water partition coefficient (Wildman–Crippen LogP) is 2.07. The van der Waals surface area contributed by atoms with E-state index in [1.165, 1.54) is 0 Å². The smallest absolute Gasteiger partial charge is 0.251 e. The maximum Gasteiger partial charge on any atom is 0.251 e. The van der Waals surface area contributed by atoms with E-state index in [9.17, 15) is 4.79 Å². The monoisotopic (exact) mass is 322 g/mol. The lowest BCUT2D eigenvalue weighted by Gasteiger charge is -2.05. The van der Waals surface area contributed by atoms with Gasteiger partial charge >= 0.3 is 0 Å². The molecule has 0 bridgehead atoms. The van der Waals surface area contributed by atoms with Crippen LogP contribution in [0.5, 0.6) is 0 Å². The summed E-state index contributed by atoms with van der Waals surface area (Å²) < 4.78 is 2.42. The Morgan fingerprint density at radius 3 is 3.00 bits per heavy atom. The number of hydrogen-bond acceptors (Lipinski definition) is 3. The van der Waals surface area contributed by atoms with Crippen LogP contribution < -0.4 is 5.32 Å². The first kappa shape index (κ1) is 13.7. The van der Waals surface area contributed by atoms with Crippen molar-refractivity contribution in [2.75, 3.05) is 0 Å². The molecule has 2 heterocycles. The van der Waals surface area contributed by atoms with Crippen LogP contribution in [-0.2, 0) is 20.0 Å². The summed E-state index contributed by atoms with van der Waals surface area (Å²) >= 11 is 3.25. The average Bonchev–Trinajstić information content (AvgIpc) is 2.76. The fraction of sp³-hybridized carbons (Fsp3) is 0.308. The molecule has 0 fully saturated rings. The molecule has 2 aromatic heterocycles. The molecular formula is C13H15BrN4O. The van der Waals surface area contributed by atoms with Gasteiger partial charge in [-0.15, -0.1) is 0 Å². The highest BCUT2D eigenvalue weighted by Crippen LogP contribution is 2.10. The summed E-state index contributed by atoms with van der Waals surface area (Å²) in [7, 11) is 1.88. The molecule has 2 rings (SSSR count). The van der Waals surface area contributed by atoms with Gasteiger partial charge in [-0.05, 0) is 34.5 Å². The van der Waals surface area contributed by atoms with Crippen molar-refractivity contribution in [3.05, 3.63) is 46.0 Å². The molecular weight excluding hydrogens is 308 g/mol. The minimum atomic E-state index is -0.117. The Labute approximate surface area is 120 Å². The SMILES string of the molecule is CCc1nn(C)cc1CNC(=O)c1ccnc(Br)c1. The summed E-state index contributed by atoms with van der Waals surface area (Å²) in [6, 6.07) is 3.38. The van der Waals surface area contributed by atoms with Crippen LogP contribution in [-0.4, -0.2) is 20.7 Å². The molecule has 0 aromatic carbocycles. The third kappa shape index (κ3) is 3.41. The maximum atomic E-state index is 12.0. The molecule has 0 radical (unpaired) electrons. The number of nitrogens with one attached hydrogen (secondary N) is 1. The van der Waals surface area contributed by atoms with E-state index in [1.54, 1.807) is 23.0 Å². The molecule has 0 saturated carbocycles. The third-order valence-electron chi connectivity index (χ3n) is 2.75. The van der Waals surface area contributed by atoms with E-state index in [0.29, 0.717) is 16.7 Å². The second-order valence-corrected chi connectivity index (χ2v) is 4.99. The van der Waals surface area contributed by atoms with Crippen LogP contribution in [0, 0.1) is 0 Å². The van der Waals surface area contributed by atoms with Crippen molar-refractivity contribution < 1.29 is 4.79 Å². The average molecular weight is 323 g/mol. The fourth-order valence-corrected chi connectivity index (χ4v) is 2.22. The molecule has 0 aliphatic heterocycles. The number of pyridine rings is 1. The lowest BCUT2D eigenvalue weighted by Crippen LogP contribution is -2.23. The molecule has 100 valence electrons. The molecule has 1 amide bonds. The highest BCUT2D eigenvalue weighted by atomic mass is 79.9. The number of rotatable bonds is 4. The zero-order chi connectivity index (χ0) is 13.8. The zero-order valence-electron chi connectivity index (χ0n) is 10.9. The maximum absolute atomic E-state index is 12.0. The van der Waals surface area contributed by atoms with Gasteiger partial charge in [0.25, 0.3) is 5.91 Å². The Morgan fingerprint density at radius 2 is 2.32 bits per heavy atom. The zero-order valence-corrected chi connectivity index (χ0v) is 12.4. The Morgan fingerprint density at radius 1 is 1.53 bits per heavy atom. The van der Waals surface area contributed by atoms with Gasteiger partial charge in [0.2, 0.25) is 0 Å². The van der Waals surface area contributed by atoms with E-state index in [2.05, 4.69) is 31.3 Å². The molecule has 19 heavy (non-hydrogen) atoms. The molecule has 5 nitrogen and oxygen atoms in total. The second-order valence-electron chi connectivity index (χ2n) is 4.18. The standard InChI is InChI=1S/C13H15BrN4O/c1-3-11-10(8-18(2)17-11)7-16-13(19)9-4-5-15-12(14)6-9/h4-6,8H,3,7H2,1-2H3,(H,16,19). The van der Waals surface area contributed by atoms with Crippen LogP contribution in [0.3, 0.4) is 0 Å². The van der Waals surface area contributed by atoms with E-state index >= 15 is 0 Å². The molecule has 0 aliphatic rings. The number of amides is 1. The van der Waals surface area contributed by atoms with Crippen LogP contribution in [0.2, 0.25) is 0 Å². The van der Waals surface area contributed by atoms with Crippen molar-refractivity contribution >= 4 is 21.8 Å². The van der Waals surface area contributed by atoms with Crippen LogP contribution in [0.25, 0.3) is 0 Å². The summed E-state index contributed by atoms with van der Waals surface area (Å²) in [5, 5.41) is 7.23. The second kappa shape index (κ2) is 5.97. The van der Waals surface area contributed by atoms with Crippen LogP contribution in [0.4, 0.5) is 0 Å². The van der Waals surface area contributed by atoms with Crippen molar-refractivity contribution in [3.8, 4) is 0 Å². The van der Waals surface area contributed by atoms with E-state index in [0.717, 1.165) is 17.7 Å². The minimum absolute atomic E-state index is 0.117.